The maximum absolute atomic E-state index is 12.6. The number of nitrogens with two attached hydrogens (primary N) is 2. The number of nitrogens with one attached hydrogen (secondary N) is 1. The van der Waals surface area contributed by atoms with Crippen LogP contribution >= 0.6 is 11.6 Å². The molecule has 3 amide bonds. The van der Waals surface area contributed by atoms with Crippen LogP contribution in [0.5, 0.6) is 0 Å². The zero-order valence-corrected chi connectivity index (χ0v) is 16.8. The van der Waals surface area contributed by atoms with Crippen molar-refractivity contribution in [3.63, 3.8) is 0 Å². The number of aliphatic imine (C=N–C) groups is 1. The molecule has 0 saturated heterocycles. The fourth-order valence-electron chi connectivity index (χ4n) is 2.84. The first-order valence-corrected chi connectivity index (χ1v) is 9.05. The molecule has 8 heteroatoms. The molecule has 1 aliphatic heterocycles. The molecule has 0 aromatic heterocycles. The van der Waals surface area contributed by atoms with Crippen LogP contribution < -0.4 is 16.8 Å². The minimum atomic E-state index is -0.698. The zero-order chi connectivity index (χ0) is 20.4. The van der Waals surface area contributed by atoms with E-state index in [1.807, 2.05) is 27.7 Å². The topological polar surface area (TPSA) is 114 Å². The lowest BCUT2D eigenvalue weighted by Crippen LogP contribution is -2.53. The van der Waals surface area contributed by atoms with Gasteiger partial charge in [-0.2, -0.15) is 0 Å². The van der Waals surface area contributed by atoms with Crippen molar-refractivity contribution >= 4 is 34.9 Å². The Labute approximate surface area is 164 Å². The Kier molecular flexibility index (Phi) is 6.15. The van der Waals surface area contributed by atoms with E-state index in [9.17, 15) is 9.59 Å². The zero-order valence-electron chi connectivity index (χ0n) is 16.0. The number of primary amides is 1. The maximum Gasteiger partial charge on any atom is 0.318 e. The molecule has 1 heterocycles. The van der Waals surface area contributed by atoms with Crippen molar-refractivity contribution in [2.75, 3.05) is 13.1 Å². The molecule has 2 rings (SSSR count). The SMILES string of the molecule is CC1CN(C(=O)NC(C)(C)C)CC(C(C(N)=O)=C(N)c2cccc(Cl)c2)=N1. The summed E-state index contributed by atoms with van der Waals surface area (Å²) in [6, 6.07) is 6.41. The van der Waals surface area contributed by atoms with Gasteiger partial charge < -0.3 is 21.7 Å². The van der Waals surface area contributed by atoms with Crippen LogP contribution in [0, 0.1) is 0 Å². The molecule has 0 fully saturated rings. The molecular formula is C19H26ClN5O2. The molecule has 0 aliphatic carbocycles. The molecule has 27 heavy (non-hydrogen) atoms. The fraction of sp³-hybridized carbons (Fsp3) is 0.421. The number of carbonyl (C=O) groups excluding carboxylic acids is 2. The van der Waals surface area contributed by atoms with Crippen LogP contribution in [-0.2, 0) is 4.79 Å². The first-order valence-electron chi connectivity index (χ1n) is 8.67. The molecule has 5 N–H and O–H groups in total. The second kappa shape index (κ2) is 8.00. The number of hydrogen-bond donors (Lipinski definition) is 3. The fourth-order valence-corrected chi connectivity index (χ4v) is 3.03. The number of nitrogens with zero attached hydrogens (tertiary/aromatic N) is 2. The second-order valence-electron chi connectivity index (χ2n) is 7.65. The Morgan fingerprint density at radius 2 is 1.96 bits per heavy atom. The van der Waals surface area contributed by atoms with E-state index in [1.165, 1.54) is 0 Å². The van der Waals surface area contributed by atoms with Crippen LogP contribution in [0.1, 0.15) is 33.3 Å². The Morgan fingerprint density at radius 1 is 1.30 bits per heavy atom. The predicted molar refractivity (Wildman–Crippen MR) is 109 cm³/mol. The summed E-state index contributed by atoms with van der Waals surface area (Å²) >= 11 is 6.02. The first-order chi connectivity index (χ1) is 12.5. The summed E-state index contributed by atoms with van der Waals surface area (Å²) in [6.45, 7) is 8.16. The van der Waals surface area contributed by atoms with Crippen LogP contribution in [0.2, 0.25) is 5.02 Å². The second-order valence-corrected chi connectivity index (χ2v) is 8.09. The third-order valence-corrected chi connectivity index (χ3v) is 4.15. The van der Waals surface area contributed by atoms with Gasteiger partial charge in [0.2, 0.25) is 0 Å². The van der Waals surface area contributed by atoms with Crippen LogP contribution in [0.3, 0.4) is 0 Å². The summed E-state index contributed by atoms with van der Waals surface area (Å²) in [4.78, 5) is 30.9. The van der Waals surface area contributed by atoms with E-state index in [1.54, 1.807) is 29.2 Å². The molecule has 1 aromatic rings. The van der Waals surface area contributed by atoms with Gasteiger partial charge in [-0.1, -0.05) is 23.7 Å². The van der Waals surface area contributed by atoms with Gasteiger partial charge >= 0.3 is 6.03 Å². The van der Waals surface area contributed by atoms with Gasteiger partial charge in [0.15, 0.2) is 0 Å². The molecule has 0 radical (unpaired) electrons. The molecule has 1 unspecified atom stereocenters. The van der Waals surface area contributed by atoms with E-state index in [4.69, 9.17) is 23.1 Å². The molecule has 1 aromatic carbocycles. The van der Waals surface area contributed by atoms with Crippen molar-refractivity contribution in [2.45, 2.75) is 39.3 Å². The highest BCUT2D eigenvalue weighted by atomic mass is 35.5. The lowest BCUT2D eigenvalue weighted by molar-refractivity contribution is -0.114. The Hall–Kier alpha value is -2.54. The molecule has 0 spiro atoms. The van der Waals surface area contributed by atoms with Crippen LogP contribution in [0.15, 0.2) is 34.8 Å². The smallest absolute Gasteiger partial charge is 0.318 e. The van der Waals surface area contributed by atoms with E-state index >= 15 is 0 Å². The number of halogens is 1. The van der Waals surface area contributed by atoms with Crippen molar-refractivity contribution in [1.29, 1.82) is 0 Å². The van der Waals surface area contributed by atoms with Crippen molar-refractivity contribution in [1.82, 2.24) is 10.2 Å². The van der Waals surface area contributed by atoms with E-state index in [-0.39, 0.29) is 35.4 Å². The average Bonchev–Trinajstić information content (AvgIpc) is 2.52. The lowest BCUT2D eigenvalue weighted by Gasteiger charge is -2.33. The average molecular weight is 392 g/mol. The van der Waals surface area contributed by atoms with Gasteiger partial charge in [-0.15, -0.1) is 0 Å². The summed E-state index contributed by atoms with van der Waals surface area (Å²) < 4.78 is 0. The van der Waals surface area contributed by atoms with Crippen LogP contribution in [-0.4, -0.2) is 47.2 Å². The van der Waals surface area contributed by atoms with Gasteiger partial charge in [0.25, 0.3) is 5.91 Å². The normalized spacial score (nSPS) is 18.5. The van der Waals surface area contributed by atoms with E-state index in [2.05, 4.69) is 10.3 Å². The van der Waals surface area contributed by atoms with Gasteiger partial charge in [-0.05, 0) is 45.4 Å². The molecule has 1 atom stereocenters. The van der Waals surface area contributed by atoms with Gasteiger partial charge in [-0.25, -0.2) is 4.79 Å². The van der Waals surface area contributed by atoms with Crippen LogP contribution in [0.4, 0.5) is 4.79 Å². The Bertz CT molecular complexity index is 811. The van der Waals surface area contributed by atoms with E-state index in [0.29, 0.717) is 22.8 Å². The third kappa shape index (κ3) is 5.47. The highest BCUT2D eigenvalue weighted by Gasteiger charge is 2.29. The van der Waals surface area contributed by atoms with Crippen molar-refractivity contribution < 1.29 is 9.59 Å². The number of urea groups is 1. The predicted octanol–water partition coefficient (Wildman–Crippen LogP) is 2.15. The molecule has 146 valence electrons. The number of amides is 3. The number of hydrogen-bond acceptors (Lipinski definition) is 4. The van der Waals surface area contributed by atoms with Crippen molar-refractivity contribution in [3.05, 3.63) is 40.4 Å². The summed E-state index contributed by atoms with van der Waals surface area (Å²) in [6.07, 6.45) is 0. The standard InChI is InChI=1S/C19H26ClN5O2/c1-11-9-25(18(27)24-19(2,3)4)10-14(23-11)15(17(22)26)16(21)12-6-5-7-13(20)8-12/h5-8,11H,9-10,21H2,1-4H3,(H2,22,26)(H,24,27). The molecule has 0 saturated carbocycles. The third-order valence-electron chi connectivity index (χ3n) is 3.91. The maximum atomic E-state index is 12.6. The molecule has 7 nitrogen and oxygen atoms in total. The summed E-state index contributed by atoms with van der Waals surface area (Å²) in [5.74, 6) is -0.698. The van der Waals surface area contributed by atoms with Gasteiger partial charge in [0.1, 0.15) is 0 Å². The summed E-state index contributed by atoms with van der Waals surface area (Å²) in [5, 5.41) is 3.41. The Morgan fingerprint density at radius 3 is 2.52 bits per heavy atom. The highest BCUT2D eigenvalue weighted by molar-refractivity contribution is 6.31. The monoisotopic (exact) mass is 391 g/mol. The van der Waals surface area contributed by atoms with Gasteiger partial charge in [-0.3, -0.25) is 9.79 Å². The number of benzene rings is 1. The number of rotatable bonds is 3. The van der Waals surface area contributed by atoms with Crippen LogP contribution in [0.25, 0.3) is 5.70 Å². The molecule has 0 bridgehead atoms. The Balaban J connectivity index is 2.41. The first kappa shape index (κ1) is 20.8. The van der Waals surface area contributed by atoms with Gasteiger partial charge in [0.05, 0.1) is 29.6 Å². The van der Waals surface area contributed by atoms with Gasteiger partial charge in [0, 0.05) is 17.1 Å². The molecule has 1 aliphatic rings. The minimum Gasteiger partial charge on any atom is -0.398 e. The quantitative estimate of drug-likeness (QED) is 0.686. The van der Waals surface area contributed by atoms with Crippen molar-refractivity contribution in [3.8, 4) is 0 Å². The van der Waals surface area contributed by atoms with Crippen molar-refractivity contribution in [2.24, 2.45) is 16.5 Å². The highest BCUT2D eigenvalue weighted by Crippen LogP contribution is 2.21. The largest absolute Gasteiger partial charge is 0.398 e. The summed E-state index contributed by atoms with van der Waals surface area (Å²) in [5.41, 5.74) is 12.7. The van der Waals surface area contributed by atoms with E-state index < -0.39 is 5.91 Å². The van der Waals surface area contributed by atoms with E-state index in [0.717, 1.165) is 0 Å². The minimum absolute atomic E-state index is 0.109. The lowest BCUT2D eigenvalue weighted by atomic mass is 10.00. The summed E-state index contributed by atoms with van der Waals surface area (Å²) in [7, 11) is 0. The number of carbonyl (C=O) groups is 2. The molecular weight excluding hydrogens is 366 g/mol.